The fraction of sp³-hybridized carbons (Fsp3) is 0.548. The van der Waals surface area contributed by atoms with Crippen LogP contribution < -0.4 is 14.8 Å². The maximum atomic E-state index is 11.3. The van der Waals surface area contributed by atoms with Crippen LogP contribution >= 0.6 is 12.6 Å². The first-order valence-corrected chi connectivity index (χ1v) is 14.2. The molecule has 10 nitrogen and oxygen atoms in total. The quantitative estimate of drug-likeness (QED) is 0.0814. The summed E-state index contributed by atoms with van der Waals surface area (Å²) in [7, 11) is 4.84. The maximum Gasteiger partial charge on any atom is 0.326 e. The number of hydrogen-bond donors (Lipinski definition) is 3. The topological polar surface area (TPSA) is 122 Å². The summed E-state index contributed by atoms with van der Waals surface area (Å²) in [5.74, 6) is 0.139. The Balaban J connectivity index is 1.94. The van der Waals surface area contributed by atoms with E-state index in [0.29, 0.717) is 63.8 Å². The summed E-state index contributed by atoms with van der Waals surface area (Å²) < 4.78 is 34.3. The first-order valence-electron chi connectivity index (χ1n) is 13.8. The first-order chi connectivity index (χ1) is 19.9. The van der Waals surface area contributed by atoms with Crippen LogP contribution in [0.5, 0.6) is 11.5 Å². The fourth-order valence-electron chi connectivity index (χ4n) is 4.20. The van der Waals surface area contributed by atoms with E-state index in [-0.39, 0.29) is 12.0 Å². The van der Waals surface area contributed by atoms with E-state index >= 15 is 0 Å². The number of amides is 1. The van der Waals surface area contributed by atoms with E-state index in [2.05, 4.69) is 17.9 Å². The molecule has 0 aromatic heterocycles. The van der Waals surface area contributed by atoms with Crippen LogP contribution in [0.2, 0.25) is 0 Å². The molecule has 2 aromatic carbocycles. The average Bonchev–Trinajstić information content (AvgIpc) is 2.95. The van der Waals surface area contributed by atoms with E-state index in [9.17, 15) is 14.7 Å². The van der Waals surface area contributed by atoms with E-state index < -0.39 is 16.9 Å². The second kappa shape index (κ2) is 17.3. The number of ether oxygens (including phenoxy) is 6. The lowest BCUT2D eigenvalue weighted by atomic mass is 9.98. The number of thiol groups is 1. The Hall–Kier alpha value is -2.83. The van der Waals surface area contributed by atoms with Gasteiger partial charge in [0.15, 0.2) is 0 Å². The van der Waals surface area contributed by atoms with Gasteiger partial charge in [0.05, 0.1) is 51.8 Å². The molecule has 2 rings (SSSR count). The van der Waals surface area contributed by atoms with Crippen LogP contribution in [0.4, 0.5) is 0 Å². The molecular formula is C31H45NO9S. The van der Waals surface area contributed by atoms with Gasteiger partial charge in [-0.05, 0) is 56.0 Å². The number of methoxy groups -OCH3 is 3. The third kappa shape index (κ3) is 11.8. The van der Waals surface area contributed by atoms with Crippen LogP contribution in [0.1, 0.15) is 44.7 Å². The number of carboxylic acids is 1. The third-order valence-corrected chi connectivity index (χ3v) is 7.04. The van der Waals surface area contributed by atoms with Crippen molar-refractivity contribution in [2.45, 2.75) is 63.2 Å². The number of carboxylic acid groups (broad SMARTS) is 1. The normalized spacial score (nSPS) is 13.7. The number of carbonyl (C=O) groups excluding carboxylic acids is 1. The molecule has 0 bridgehead atoms. The van der Waals surface area contributed by atoms with Gasteiger partial charge >= 0.3 is 5.97 Å². The molecule has 0 radical (unpaired) electrons. The molecule has 2 aromatic rings. The minimum Gasteiger partial charge on any atom is -0.496 e. The predicted molar refractivity (Wildman–Crippen MR) is 163 cm³/mol. The molecule has 0 heterocycles. The van der Waals surface area contributed by atoms with Crippen molar-refractivity contribution >= 4 is 25.0 Å². The van der Waals surface area contributed by atoms with Gasteiger partial charge in [0.1, 0.15) is 22.5 Å². The molecule has 0 aliphatic heterocycles. The summed E-state index contributed by atoms with van der Waals surface area (Å²) >= 11 is 4.56. The Labute approximate surface area is 254 Å². The molecule has 11 heteroatoms. The van der Waals surface area contributed by atoms with Crippen molar-refractivity contribution in [2.75, 3.05) is 47.8 Å². The molecule has 42 heavy (non-hydrogen) atoms. The minimum absolute atomic E-state index is 0.164. The van der Waals surface area contributed by atoms with Crippen molar-refractivity contribution in [3.63, 3.8) is 0 Å². The van der Waals surface area contributed by atoms with Gasteiger partial charge in [0, 0.05) is 26.6 Å². The Bertz CT molecular complexity index is 1100. The molecule has 0 saturated heterocycles. The van der Waals surface area contributed by atoms with Crippen molar-refractivity contribution in [2.24, 2.45) is 0 Å². The van der Waals surface area contributed by atoms with Crippen LogP contribution in [-0.2, 0) is 41.6 Å². The highest BCUT2D eigenvalue weighted by molar-refractivity contribution is 7.81. The highest BCUT2D eigenvalue weighted by Gasteiger charge is 2.23. The zero-order valence-corrected chi connectivity index (χ0v) is 26.3. The van der Waals surface area contributed by atoms with Gasteiger partial charge in [-0.2, -0.15) is 0 Å². The first kappa shape index (κ1) is 35.4. The number of nitrogens with one attached hydrogen (secondary N) is 1. The van der Waals surface area contributed by atoms with Crippen LogP contribution in [0, 0.1) is 0 Å². The van der Waals surface area contributed by atoms with Crippen LogP contribution in [0.3, 0.4) is 0 Å². The van der Waals surface area contributed by atoms with Gasteiger partial charge in [-0.25, -0.2) is 4.79 Å². The number of benzene rings is 2. The molecule has 0 aliphatic carbocycles. The van der Waals surface area contributed by atoms with Crippen molar-refractivity contribution in [3.05, 3.63) is 47.5 Å². The van der Waals surface area contributed by atoms with Crippen LogP contribution in [-0.4, -0.2) is 81.8 Å². The Kier molecular flexibility index (Phi) is 14.6. The average molecular weight is 608 g/mol. The molecule has 1 amide bonds. The van der Waals surface area contributed by atoms with Gasteiger partial charge in [0.2, 0.25) is 6.41 Å². The summed E-state index contributed by atoms with van der Waals surface area (Å²) in [6.07, 6.45) is 1.96. The number of aliphatic carboxylic acids is 1. The largest absolute Gasteiger partial charge is 0.496 e. The van der Waals surface area contributed by atoms with Crippen molar-refractivity contribution in [3.8, 4) is 22.6 Å². The molecule has 2 atom stereocenters. The molecular weight excluding hydrogens is 562 g/mol. The second-order valence-corrected chi connectivity index (χ2v) is 11.6. The Morgan fingerprint density at radius 2 is 1.57 bits per heavy atom. The molecule has 0 aliphatic rings. The van der Waals surface area contributed by atoms with Crippen molar-refractivity contribution < 1.29 is 43.1 Å². The summed E-state index contributed by atoms with van der Waals surface area (Å²) in [4.78, 5) is 21.5. The van der Waals surface area contributed by atoms with E-state index in [4.69, 9.17) is 28.4 Å². The van der Waals surface area contributed by atoms with E-state index in [1.54, 1.807) is 21.3 Å². The summed E-state index contributed by atoms with van der Waals surface area (Å²) in [5.41, 5.74) is 2.88. The van der Waals surface area contributed by atoms with Crippen molar-refractivity contribution in [1.29, 1.82) is 0 Å². The highest BCUT2D eigenvalue weighted by Crippen LogP contribution is 2.40. The van der Waals surface area contributed by atoms with Crippen LogP contribution in [0.15, 0.2) is 36.4 Å². The Morgan fingerprint density at radius 1 is 0.929 bits per heavy atom. The van der Waals surface area contributed by atoms with Gasteiger partial charge in [-0.3, -0.25) is 4.79 Å². The number of rotatable bonds is 21. The second-order valence-electron chi connectivity index (χ2n) is 10.6. The van der Waals surface area contributed by atoms with Gasteiger partial charge in [-0.15, -0.1) is 12.6 Å². The highest BCUT2D eigenvalue weighted by atomic mass is 32.1. The molecule has 0 spiro atoms. The maximum absolute atomic E-state index is 11.3. The summed E-state index contributed by atoms with van der Waals surface area (Å²) in [5, 5.41) is 11.6. The van der Waals surface area contributed by atoms with Crippen LogP contribution in [0.25, 0.3) is 11.1 Å². The minimum atomic E-state index is -1.09. The standard InChI is InChI=1S/C31H45NO9S/c1-30(2,11-14-41-31(3,42)12-13-36-4)40-16-15-39-20-23-18-26(37-5)28(27(19-23)38-6)24-9-7-22(8-10-24)17-25(29(34)35)32-21-33/h7-10,18-19,21,25,42H,11-17,20H2,1-6H3,(H,32,33)(H,34,35). The smallest absolute Gasteiger partial charge is 0.326 e. The zero-order chi connectivity index (χ0) is 31.2. The van der Waals surface area contributed by atoms with E-state index in [1.807, 2.05) is 57.2 Å². The zero-order valence-electron chi connectivity index (χ0n) is 25.4. The number of carbonyl (C=O) groups is 2. The molecule has 0 saturated carbocycles. The lowest BCUT2D eigenvalue weighted by Crippen LogP contribution is -2.37. The van der Waals surface area contributed by atoms with Crippen molar-refractivity contribution in [1.82, 2.24) is 5.32 Å². The lowest BCUT2D eigenvalue weighted by molar-refractivity contribution is -0.140. The monoisotopic (exact) mass is 607 g/mol. The predicted octanol–water partition coefficient (Wildman–Crippen LogP) is 4.51. The van der Waals surface area contributed by atoms with E-state index in [1.165, 1.54) is 0 Å². The molecule has 0 fully saturated rings. The molecule has 2 unspecified atom stereocenters. The summed E-state index contributed by atoms with van der Waals surface area (Å²) in [6, 6.07) is 10.2. The summed E-state index contributed by atoms with van der Waals surface area (Å²) in [6.45, 7) is 8.26. The molecule has 234 valence electrons. The van der Waals surface area contributed by atoms with Gasteiger partial charge in [0.25, 0.3) is 0 Å². The fourth-order valence-corrected chi connectivity index (χ4v) is 4.38. The SMILES string of the molecule is COCCC(C)(S)OCCC(C)(C)OCCOCc1cc(OC)c(-c2ccc(CC(NC=O)C(=O)O)cc2)c(OC)c1. The van der Waals surface area contributed by atoms with Gasteiger partial charge < -0.3 is 38.8 Å². The molecule has 2 N–H and O–H groups in total. The Morgan fingerprint density at radius 3 is 2.12 bits per heavy atom. The third-order valence-electron chi connectivity index (χ3n) is 6.69. The lowest BCUT2D eigenvalue weighted by Gasteiger charge is -2.29. The van der Waals surface area contributed by atoms with Gasteiger partial charge in [-0.1, -0.05) is 24.3 Å². The number of hydrogen-bond acceptors (Lipinski definition) is 9. The van der Waals surface area contributed by atoms with E-state index in [0.717, 1.165) is 22.3 Å².